The molecule has 0 amide bonds. The van der Waals surface area contributed by atoms with E-state index in [1.165, 1.54) is 39.3 Å². The zero-order chi connectivity index (χ0) is 25.8. The Morgan fingerprint density at radius 2 is 0.914 bits per heavy atom. The molecule has 0 spiro atoms. The summed E-state index contributed by atoms with van der Waals surface area (Å²) in [5.41, 5.74) is 0. The fraction of sp³-hybridized carbons (Fsp3) is 0.810. The van der Waals surface area contributed by atoms with Crippen LogP contribution in [-0.4, -0.2) is 141 Å². The maximum Gasteiger partial charge on any atom is 3.00 e. The zero-order valence-electron chi connectivity index (χ0n) is 20.6. The summed E-state index contributed by atoms with van der Waals surface area (Å²) in [7, 11) is 6.60. The van der Waals surface area contributed by atoms with E-state index in [2.05, 4.69) is 35.8 Å². The van der Waals surface area contributed by atoms with Gasteiger partial charge in [-0.15, -0.1) is 0 Å². The Kier molecular flexibility index (Phi) is 17.8. The van der Waals surface area contributed by atoms with Crippen LogP contribution in [0.4, 0.5) is 0 Å². The molecule has 3 heterocycles. The van der Waals surface area contributed by atoms with Crippen LogP contribution in [0.2, 0.25) is 0 Å². The van der Waals surface area contributed by atoms with Crippen molar-refractivity contribution in [3.05, 3.63) is 0 Å². The van der Waals surface area contributed by atoms with Crippen molar-refractivity contribution in [1.29, 1.82) is 0 Å². The summed E-state index contributed by atoms with van der Waals surface area (Å²) in [5.74, 6) is -1.65. The molecule has 3 fully saturated rings. The maximum absolute atomic E-state index is 10.6. The molecule has 2 N–H and O–H groups in total. The van der Waals surface area contributed by atoms with Gasteiger partial charge in [-0.25, -0.2) is 9.59 Å². The minimum atomic E-state index is -0.824. The van der Waals surface area contributed by atoms with Crippen molar-refractivity contribution in [2.45, 2.75) is 37.8 Å². The first-order valence-corrected chi connectivity index (χ1v) is 13.0. The summed E-state index contributed by atoms with van der Waals surface area (Å²) in [6.07, 6.45) is 3.06. The van der Waals surface area contributed by atoms with Crippen molar-refractivity contribution in [2.75, 3.05) is 73.5 Å². The van der Waals surface area contributed by atoms with Gasteiger partial charge in [0.25, 0.3) is 0 Å². The molecule has 35 heavy (non-hydrogen) atoms. The van der Waals surface area contributed by atoms with E-state index in [4.69, 9.17) is 59.9 Å². The fourth-order valence-corrected chi connectivity index (χ4v) is 4.72. The van der Waals surface area contributed by atoms with Gasteiger partial charge in [0.15, 0.2) is 0 Å². The van der Waals surface area contributed by atoms with E-state index < -0.39 is 24.0 Å². The molecule has 14 heteroatoms. The molecule has 0 aliphatic carbocycles. The molecular formula is C21H37N5O4RuS4+. The topological polar surface area (TPSA) is 90.8 Å². The molecule has 3 aliphatic heterocycles. The third-order valence-electron chi connectivity index (χ3n) is 6.14. The smallest absolute Gasteiger partial charge is 0.480 e. The quantitative estimate of drug-likeness (QED) is 0.247. The Bertz CT molecular complexity index is 591. The molecule has 3 rings (SSSR count). The van der Waals surface area contributed by atoms with Gasteiger partial charge in [0.2, 0.25) is 0 Å². The van der Waals surface area contributed by atoms with Crippen LogP contribution in [0.1, 0.15) is 25.7 Å². The SMILES string of the molecule is CN1CCN(C)CCN(C)CC1.O=C(O)[C@@H]1CCCN1C(=S)[S-].O=C(O)[C@H]1CCCN1C(=S)[S-].[Ru+3]. The first kappa shape index (κ1) is 34.7. The number of carboxylic acids is 2. The Balaban J connectivity index is 0.000000489. The second kappa shape index (κ2) is 18.0. The third-order valence-corrected chi connectivity index (χ3v) is 7.07. The summed E-state index contributed by atoms with van der Waals surface area (Å²) < 4.78 is 0.546. The summed E-state index contributed by atoms with van der Waals surface area (Å²) in [4.78, 5) is 31.5. The molecule has 1 radical (unpaired) electrons. The number of aliphatic carboxylic acids is 2. The van der Waals surface area contributed by atoms with E-state index >= 15 is 0 Å². The molecule has 9 nitrogen and oxygen atoms in total. The van der Waals surface area contributed by atoms with Gasteiger partial charge in [-0.2, -0.15) is 0 Å². The van der Waals surface area contributed by atoms with Crippen molar-refractivity contribution >= 4 is 70.3 Å². The number of nitrogens with zero attached hydrogens (tertiary/aromatic N) is 5. The van der Waals surface area contributed by atoms with Crippen molar-refractivity contribution < 1.29 is 39.3 Å². The van der Waals surface area contributed by atoms with Gasteiger partial charge in [0, 0.05) is 52.4 Å². The molecule has 0 aromatic carbocycles. The van der Waals surface area contributed by atoms with Crippen LogP contribution in [0, 0.1) is 0 Å². The van der Waals surface area contributed by atoms with Gasteiger partial charge in [0.05, 0.1) is 0 Å². The Morgan fingerprint density at radius 1 is 0.657 bits per heavy atom. The van der Waals surface area contributed by atoms with E-state index in [0.29, 0.717) is 25.9 Å². The van der Waals surface area contributed by atoms with E-state index in [9.17, 15) is 9.59 Å². The molecule has 3 aliphatic rings. The van der Waals surface area contributed by atoms with E-state index in [1.54, 1.807) is 9.80 Å². The number of carbonyl (C=O) groups is 2. The molecule has 0 aromatic heterocycles. The average molecular weight is 653 g/mol. The number of likely N-dealkylation sites (N-methyl/N-ethyl adjacent to an activating group) is 3. The predicted molar refractivity (Wildman–Crippen MR) is 147 cm³/mol. The van der Waals surface area contributed by atoms with E-state index in [0.717, 1.165) is 12.8 Å². The van der Waals surface area contributed by atoms with E-state index in [-0.39, 0.29) is 28.1 Å². The van der Waals surface area contributed by atoms with Gasteiger partial charge in [-0.1, -0.05) is 8.64 Å². The number of thiocarbonyl (C=S) groups is 2. The summed E-state index contributed by atoms with van der Waals surface area (Å²) >= 11 is 18.9. The van der Waals surface area contributed by atoms with Crippen molar-refractivity contribution in [1.82, 2.24) is 24.5 Å². The first-order valence-electron chi connectivity index (χ1n) is 11.4. The fourth-order valence-electron chi connectivity index (χ4n) is 3.84. The van der Waals surface area contributed by atoms with Crippen LogP contribution < -0.4 is 0 Å². The molecule has 0 unspecified atom stereocenters. The predicted octanol–water partition coefficient (Wildman–Crippen LogP) is 0.527. The van der Waals surface area contributed by atoms with Crippen molar-refractivity contribution in [3.8, 4) is 0 Å². The molecule has 0 aromatic rings. The Hall–Kier alpha value is -0.337. The number of carboxylic acid groups (broad SMARTS) is 2. The Labute approximate surface area is 244 Å². The first-order chi connectivity index (χ1) is 15.9. The van der Waals surface area contributed by atoms with Crippen molar-refractivity contribution in [2.24, 2.45) is 0 Å². The van der Waals surface area contributed by atoms with Crippen LogP contribution in [-0.2, 0) is 54.3 Å². The summed E-state index contributed by atoms with van der Waals surface area (Å²) in [6.45, 7) is 8.58. The largest absolute Gasteiger partial charge is 3.00 e. The van der Waals surface area contributed by atoms with Gasteiger partial charge in [0.1, 0.15) is 12.1 Å². The van der Waals surface area contributed by atoms with Crippen LogP contribution in [0.5, 0.6) is 0 Å². The van der Waals surface area contributed by atoms with Gasteiger partial charge >= 0.3 is 31.4 Å². The molecule has 2 atom stereocenters. The molecule has 201 valence electrons. The third kappa shape index (κ3) is 13.1. The van der Waals surface area contributed by atoms with Crippen LogP contribution in [0.25, 0.3) is 0 Å². The average Bonchev–Trinajstić information content (AvgIpc) is 3.45. The van der Waals surface area contributed by atoms with Gasteiger partial charge in [-0.05, 0) is 46.8 Å². The number of hydrogen-bond acceptors (Lipinski definition) is 9. The summed E-state index contributed by atoms with van der Waals surface area (Å²) in [5, 5.41) is 17.4. The van der Waals surface area contributed by atoms with Crippen LogP contribution >= 0.6 is 24.4 Å². The number of likely N-dealkylation sites (tertiary alicyclic amines) is 2. The molecule has 0 saturated carbocycles. The number of hydrogen-bond donors (Lipinski definition) is 2. The maximum atomic E-state index is 10.6. The van der Waals surface area contributed by atoms with Crippen LogP contribution in [0.15, 0.2) is 0 Å². The second-order valence-electron chi connectivity index (χ2n) is 8.82. The van der Waals surface area contributed by atoms with E-state index in [1.807, 2.05) is 0 Å². The van der Waals surface area contributed by atoms with Crippen molar-refractivity contribution in [3.63, 3.8) is 0 Å². The van der Waals surface area contributed by atoms with Crippen LogP contribution in [0.3, 0.4) is 0 Å². The molecular weight excluding hydrogens is 616 g/mol. The molecule has 3 saturated heterocycles. The van der Waals surface area contributed by atoms with Gasteiger partial charge < -0.3 is 84.4 Å². The minimum Gasteiger partial charge on any atom is -0.480 e. The normalized spacial score (nSPS) is 23.9. The standard InChI is InChI=1S/C9H21N3.2C6H9NO2S2.Ru/c1-10-4-6-11(2)8-9-12(3)7-5-10;2*8-5(9)4-2-1-3-7(4)6(10)11;/h4-9H2,1-3H3;2*4H,1-3H2,(H,8,9)(H,10,11);/q;;;+3/p-2/t;2*4-;/m.10./s1. The monoisotopic (exact) mass is 653 g/mol. The second-order valence-corrected chi connectivity index (χ2v) is 10.9. The van der Waals surface area contributed by atoms with Gasteiger partial charge in [-0.3, -0.25) is 0 Å². The molecule has 0 bridgehead atoms. The minimum absolute atomic E-state index is 0. The summed E-state index contributed by atoms with van der Waals surface area (Å²) in [6, 6.07) is -0.944. The zero-order valence-corrected chi connectivity index (χ0v) is 25.6. The Morgan fingerprint density at radius 3 is 1.09 bits per heavy atom. The number of rotatable bonds is 2.